The van der Waals surface area contributed by atoms with Crippen LogP contribution in [0.1, 0.15) is 22.5 Å². The van der Waals surface area contributed by atoms with Crippen LogP contribution in [0.25, 0.3) is 22.1 Å². The van der Waals surface area contributed by atoms with Crippen LogP contribution >= 0.6 is 11.6 Å². The molecular formula is C28H20ClF6N11. The van der Waals surface area contributed by atoms with E-state index in [1.54, 1.807) is 30.5 Å². The fraction of sp³-hybridized carbons (Fsp3) is 0.143. The monoisotopic (exact) mass is 659 g/mol. The van der Waals surface area contributed by atoms with Crippen LogP contribution in [0.2, 0.25) is 5.28 Å². The van der Waals surface area contributed by atoms with Crippen molar-refractivity contribution in [2.45, 2.75) is 25.4 Å². The third kappa shape index (κ3) is 7.60. The standard InChI is InChI=1S/C14H9ClF3N5.C14H11F3N6/c15-13-22-11-9(4-2-6-20-11)12(23-13)21-7-8-3-1-5-19-10(8)14(16,17)18;15-14(16,17)10-8(3-1-5-19-10)7-21-12-9-4-2-6-20-11(9)22-13(18)23-12/h1-6H,7H2,(H,20,21,22,23);1-6H,7H2,(H3,18,20,21,22,23). The van der Waals surface area contributed by atoms with Crippen LogP contribution in [-0.4, -0.2) is 39.9 Å². The average Bonchev–Trinajstić information content (AvgIpc) is 3.02. The summed E-state index contributed by atoms with van der Waals surface area (Å²) in [4.78, 5) is 30.9. The van der Waals surface area contributed by atoms with Gasteiger partial charge in [-0.1, -0.05) is 12.1 Å². The van der Waals surface area contributed by atoms with Crippen molar-refractivity contribution in [1.82, 2.24) is 39.9 Å². The molecule has 0 unspecified atom stereocenters. The van der Waals surface area contributed by atoms with Crippen molar-refractivity contribution in [3.8, 4) is 0 Å². The summed E-state index contributed by atoms with van der Waals surface area (Å²) < 4.78 is 77.7. The van der Waals surface area contributed by atoms with Crippen LogP contribution < -0.4 is 16.4 Å². The summed E-state index contributed by atoms with van der Waals surface area (Å²) >= 11 is 5.81. The van der Waals surface area contributed by atoms with Gasteiger partial charge < -0.3 is 16.4 Å². The topological polar surface area (TPSA) is 153 Å². The zero-order valence-electron chi connectivity index (χ0n) is 23.1. The molecule has 6 rings (SSSR count). The predicted molar refractivity (Wildman–Crippen MR) is 157 cm³/mol. The lowest BCUT2D eigenvalue weighted by molar-refractivity contribution is -0.142. The van der Waals surface area contributed by atoms with Gasteiger partial charge in [-0.3, -0.25) is 9.97 Å². The summed E-state index contributed by atoms with van der Waals surface area (Å²) in [5.41, 5.74) is 4.47. The van der Waals surface area contributed by atoms with Gasteiger partial charge in [-0.25, -0.2) is 15.0 Å². The van der Waals surface area contributed by atoms with Gasteiger partial charge in [0.25, 0.3) is 0 Å². The van der Waals surface area contributed by atoms with Gasteiger partial charge in [0.2, 0.25) is 11.2 Å². The van der Waals surface area contributed by atoms with Crippen LogP contribution in [0.5, 0.6) is 0 Å². The van der Waals surface area contributed by atoms with Crippen molar-refractivity contribution in [3.05, 3.63) is 101 Å². The lowest BCUT2D eigenvalue weighted by Crippen LogP contribution is -2.14. The maximum Gasteiger partial charge on any atom is 0.433 e. The van der Waals surface area contributed by atoms with Gasteiger partial charge in [-0.2, -0.15) is 41.3 Å². The normalized spacial score (nSPS) is 11.6. The Balaban J connectivity index is 0.000000181. The minimum absolute atomic E-state index is 0.00627. The number of pyridine rings is 4. The number of rotatable bonds is 6. The molecule has 0 radical (unpaired) electrons. The molecule has 6 heterocycles. The van der Waals surface area contributed by atoms with Gasteiger partial charge in [-0.05, 0) is 48.0 Å². The Morgan fingerprint density at radius 1 is 0.587 bits per heavy atom. The number of nitrogens with zero attached hydrogens (tertiary/aromatic N) is 8. The molecule has 0 aliphatic carbocycles. The van der Waals surface area contributed by atoms with Crippen LogP contribution in [0.15, 0.2) is 73.3 Å². The largest absolute Gasteiger partial charge is 0.433 e. The Kier molecular flexibility index (Phi) is 9.22. The zero-order chi connectivity index (χ0) is 32.9. The molecule has 0 aromatic carbocycles. The van der Waals surface area contributed by atoms with E-state index in [-0.39, 0.29) is 35.4 Å². The van der Waals surface area contributed by atoms with Gasteiger partial charge >= 0.3 is 12.4 Å². The quantitative estimate of drug-likeness (QED) is 0.136. The van der Waals surface area contributed by atoms with E-state index in [4.69, 9.17) is 17.3 Å². The molecule has 11 nitrogen and oxygen atoms in total. The summed E-state index contributed by atoms with van der Waals surface area (Å²) in [7, 11) is 0. The predicted octanol–water partition coefficient (Wildman–Crippen LogP) is 6.34. The van der Waals surface area contributed by atoms with Crippen molar-refractivity contribution < 1.29 is 26.3 Å². The molecule has 0 saturated carbocycles. The number of fused-ring (bicyclic) bond motifs is 2. The molecule has 0 saturated heterocycles. The van der Waals surface area contributed by atoms with E-state index < -0.39 is 23.7 Å². The number of alkyl halides is 6. The van der Waals surface area contributed by atoms with Gasteiger partial charge in [0.15, 0.2) is 11.3 Å². The van der Waals surface area contributed by atoms with Crippen molar-refractivity contribution in [2.24, 2.45) is 0 Å². The number of halogens is 7. The highest BCUT2D eigenvalue weighted by molar-refractivity contribution is 6.28. The van der Waals surface area contributed by atoms with E-state index in [1.165, 1.54) is 30.5 Å². The highest BCUT2D eigenvalue weighted by Crippen LogP contribution is 2.32. The van der Waals surface area contributed by atoms with Crippen LogP contribution in [0.4, 0.5) is 43.9 Å². The molecule has 0 spiro atoms. The molecule has 6 aromatic rings. The summed E-state index contributed by atoms with van der Waals surface area (Å²) in [5, 5.41) is 6.78. The molecule has 0 amide bonds. The van der Waals surface area contributed by atoms with E-state index in [0.29, 0.717) is 33.7 Å². The lowest BCUT2D eigenvalue weighted by Gasteiger charge is -2.13. The summed E-state index contributed by atoms with van der Waals surface area (Å²) in [5.74, 6) is 0.614. The Morgan fingerprint density at radius 2 is 1.02 bits per heavy atom. The molecule has 4 N–H and O–H groups in total. The van der Waals surface area contributed by atoms with Gasteiger partial charge in [0, 0.05) is 49.0 Å². The van der Waals surface area contributed by atoms with E-state index in [9.17, 15) is 26.3 Å². The van der Waals surface area contributed by atoms with Crippen LogP contribution in [0, 0.1) is 0 Å². The van der Waals surface area contributed by atoms with Crippen LogP contribution in [0.3, 0.4) is 0 Å². The first-order valence-electron chi connectivity index (χ1n) is 13.1. The second kappa shape index (κ2) is 13.3. The minimum atomic E-state index is -4.52. The first-order chi connectivity index (χ1) is 21.9. The van der Waals surface area contributed by atoms with Gasteiger partial charge in [0.05, 0.1) is 10.8 Å². The SMILES string of the molecule is FC(F)(F)c1ncccc1CNc1nc(Cl)nc2ncccc12.Nc1nc(NCc2cccnc2C(F)(F)F)c2cccnc2n1. The lowest BCUT2D eigenvalue weighted by atomic mass is 10.2. The highest BCUT2D eigenvalue weighted by atomic mass is 35.5. The Bertz CT molecular complexity index is 1850. The Labute approximate surface area is 260 Å². The number of aromatic nitrogens is 8. The van der Waals surface area contributed by atoms with E-state index in [1.807, 2.05) is 0 Å². The fourth-order valence-corrected chi connectivity index (χ4v) is 4.38. The zero-order valence-corrected chi connectivity index (χ0v) is 23.9. The summed E-state index contributed by atoms with van der Waals surface area (Å²) in [6, 6.07) is 12.4. The maximum absolute atomic E-state index is 12.9. The maximum atomic E-state index is 12.9. The molecular weight excluding hydrogens is 640 g/mol. The molecule has 46 heavy (non-hydrogen) atoms. The summed E-state index contributed by atoms with van der Waals surface area (Å²) in [6.45, 7) is -0.219. The number of nitrogen functional groups attached to an aromatic ring is 1. The number of hydrogen-bond donors (Lipinski definition) is 3. The molecule has 0 fully saturated rings. The first kappa shape index (κ1) is 32.0. The van der Waals surface area contributed by atoms with Crippen molar-refractivity contribution >= 4 is 51.3 Å². The van der Waals surface area contributed by atoms with Crippen molar-refractivity contribution in [1.29, 1.82) is 0 Å². The van der Waals surface area contributed by atoms with E-state index >= 15 is 0 Å². The molecule has 0 atom stereocenters. The molecule has 18 heteroatoms. The Hall–Kier alpha value is -5.45. The summed E-state index contributed by atoms with van der Waals surface area (Å²) in [6.07, 6.45) is -3.75. The molecule has 0 aliphatic rings. The second-order valence-corrected chi connectivity index (χ2v) is 9.58. The second-order valence-electron chi connectivity index (χ2n) is 9.25. The third-order valence-electron chi connectivity index (χ3n) is 6.14. The minimum Gasteiger partial charge on any atom is -0.368 e. The molecule has 6 aromatic heterocycles. The number of nitrogens with one attached hydrogen (secondary N) is 2. The number of nitrogens with two attached hydrogens (primary N) is 1. The van der Waals surface area contributed by atoms with E-state index in [2.05, 4.69) is 50.5 Å². The highest BCUT2D eigenvalue weighted by Gasteiger charge is 2.35. The fourth-order valence-electron chi connectivity index (χ4n) is 4.22. The first-order valence-corrected chi connectivity index (χ1v) is 13.4. The number of anilines is 3. The van der Waals surface area contributed by atoms with Gasteiger partial charge in [0.1, 0.15) is 23.0 Å². The van der Waals surface area contributed by atoms with E-state index in [0.717, 1.165) is 12.4 Å². The number of hydrogen-bond acceptors (Lipinski definition) is 11. The Morgan fingerprint density at radius 3 is 1.52 bits per heavy atom. The smallest absolute Gasteiger partial charge is 0.368 e. The molecule has 0 aliphatic heterocycles. The third-order valence-corrected chi connectivity index (χ3v) is 6.31. The van der Waals surface area contributed by atoms with Crippen molar-refractivity contribution in [3.63, 3.8) is 0 Å². The molecule has 0 bridgehead atoms. The average molecular weight is 660 g/mol. The van der Waals surface area contributed by atoms with Crippen molar-refractivity contribution in [2.75, 3.05) is 16.4 Å². The molecule has 236 valence electrons. The van der Waals surface area contributed by atoms with Gasteiger partial charge in [-0.15, -0.1) is 0 Å². The van der Waals surface area contributed by atoms with Crippen LogP contribution in [-0.2, 0) is 25.4 Å².